The average Bonchev–Trinajstić information content (AvgIpc) is 3.16. The molecule has 180 valence electrons. The Bertz CT molecular complexity index is 1570. The van der Waals surface area contributed by atoms with Crippen LogP contribution in [0.3, 0.4) is 0 Å². The number of nitrogens with two attached hydrogens (primary N) is 1. The van der Waals surface area contributed by atoms with Crippen molar-refractivity contribution in [3.63, 3.8) is 0 Å². The number of benzene rings is 3. The molecule has 0 saturated heterocycles. The van der Waals surface area contributed by atoms with Gasteiger partial charge in [-0.2, -0.15) is 9.78 Å². The first-order valence-electron chi connectivity index (χ1n) is 12.0. The lowest BCUT2D eigenvalue weighted by atomic mass is 10.1. The zero-order chi connectivity index (χ0) is 25.1. The number of rotatable bonds is 7. The van der Waals surface area contributed by atoms with Crippen LogP contribution in [0.1, 0.15) is 40.4 Å². The molecule has 0 aliphatic carbocycles. The Balaban J connectivity index is 1.51. The molecule has 2 aromatic heterocycles. The highest BCUT2D eigenvalue weighted by Crippen LogP contribution is 2.28. The van der Waals surface area contributed by atoms with E-state index in [4.69, 9.17) is 15.7 Å². The van der Waals surface area contributed by atoms with E-state index in [1.54, 1.807) is 6.21 Å². The molecule has 0 unspecified atom stereocenters. The van der Waals surface area contributed by atoms with Crippen molar-refractivity contribution in [3.05, 3.63) is 101 Å². The molecule has 36 heavy (non-hydrogen) atoms. The summed E-state index contributed by atoms with van der Waals surface area (Å²) >= 11 is 0. The number of anilines is 1. The summed E-state index contributed by atoms with van der Waals surface area (Å²) in [6.07, 6.45) is 3.39. The van der Waals surface area contributed by atoms with Crippen LogP contribution in [0.2, 0.25) is 0 Å². The molecule has 0 radical (unpaired) electrons. The van der Waals surface area contributed by atoms with Gasteiger partial charge in [-0.25, -0.2) is 9.97 Å². The summed E-state index contributed by atoms with van der Waals surface area (Å²) < 4.78 is 1.50. The lowest BCUT2D eigenvalue weighted by molar-refractivity contribution is 0.0940. The number of para-hydroxylation sites is 2. The van der Waals surface area contributed by atoms with Gasteiger partial charge in [0.05, 0.1) is 17.2 Å². The van der Waals surface area contributed by atoms with Crippen LogP contribution in [-0.2, 0) is 6.42 Å². The van der Waals surface area contributed by atoms with E-state index in [-0.39, 0.29) is 23.3 Å². The van der Waals surface area contributed by atoms with Gasteiger partial charge in [0.2, 0.25) is 0 Å². The second-order valence-corrected chi connectivity index (χ2v) is 8.96. The Morgan fingerprint density at radius 3 is 2.42 bits per heavy atom. The SMILES string of the molecule is Cc1ccccc1/C=N\n1c(N)c(C(=O)N[C@H](C)CCc2ccccc2)c2nc3ccccc3nc21. The third-order valence-electron chi connectivity index (χ3n) is 6.29. The molecular weight excluding hydrogens is 448 g/mol. The van der Waals surface area contributed by atoms with Gasteiger partial charge in [-0.05, 0) is 55.5 Å². The quantitative estimate of drug-likeness (QED) is 0.319. The van der Waals surface area contributed by atoms with Crippen LogP contribution in [0.15, 0.2) is 84.0 Å². The Hall–Kier alpha value is -4.52. The Morgan fingerprint density at radius 1 is 1.00 bits per heavy atom. The number of nitrogens with one attached hydrogen (secondary N) is 1. The topological polar surface area (TPSA) is 98.2 Å². The molecule has 0 fully saturated rings. The monoisotopic (exact) mass is 476 g/mol. The molecule has 5 aromatic rings. The standard InChI is InChI=1S/C29H28N6O/c1-19-10-6-7-13-22(19)18-31-35-27(30)25(26-28(35)34-24-15-9-8-14-23(24)33-26)29(36)32-20(2)16-17-21-11-4-3-5-12-21/h3-15,18,20H,16-17,30H2,1-2H3,(H,32,36)/b31-18-/t20-/m1/s1. The number of nitrogens with zero attached hydrogens (tertiary/aromatic N) is 4. The summed E-state index contributed by atoms with van der Waals surface area (Å²) in [5.41, 5.74) is 12.4. The lowest BCUT2D eigenvalue weighted by Gasteiger charge is -2.14. The average molecular weight is 477 g/mol. The first-order chi connectivity index (χ1) is 17.5. The van der Waals surface area contributed by atoms with Gasteiger partial charge in [-0.3, -0.25) is 4.79 Å². The van der Waals surface area contributed by atoms with Crippen LogP contribution >= 0.6 is 0 Å². The highest BCUT2D eigenvalue weighted by molar-refractivity contribution is 6.10. The van der Waals surface area contributed by atoms with E-state index < -0.39 is 0 Å². The summed E-state index contributed by atoms with van der Waals surface area (Å²) in [7, 11) is 0. The van der Waals surface area contributed by atoms with Crippen LogP contribution in [0.4, 0.5) is 5.82 Å². The molecule has 0 spiro atoms. The fourth-order valence-corrected chi connectivity index (χ4v) is 4.24. The second-order valence-electron chi connectivity index (χ2n) is 8.96. The fourth-order valence-electron chi connectivity index (χ4n) is 4.24. The second kappa shape index (κ2) is 10.00. The summed E-state index contributed by atoms with van der Waals surface area (Å²) in [5, 5.41) is 7.71. The first kappa shape index (κ1) is 23.2. The van der Waals surface area contributed by atoms with Crippen LogP contribution < -0.4 is 11.1 Å². The number of hydrogen-bond acceptors (Lipinski definition) is 5. The third-order valence-corrected chi connectivity index (χ3v) is 6.29. The number of carbonyl (C=O) groups is 1. The highest BCUT2D eigenvalue weighted by atomic mass is 16.1. The van der Waals surface area contributed by atoms with E-state index in [0.717, 1.165) is 24.0 Å². The van der Waals surface area contributed by atoms with Crippen molar-refractivity contribution < 1.29 is 4.79 Å². The van der Waals surface area contributed by atoms with E-state index in [1.807, 2.05) is 80.6 Å². The van der Waals surface area contributed by atoms with Crippen molar-refractivity contribution in [1.82, 2.24) is 20.0 Å². The maximum absolute atomic E-state index is 13.5. The molecular formula is C29H28N6O. The smallest absolute Gasteiger partial charge is 0.257 e. The minimum atomic E-state index is -0.285. The normalized spacial score (nSPS) is 12.4. The van der Waals surface area contributed by atoms with Crippen molar-refractivity contribution in [1.29, 1.82) is 0 Å². The predicted molar refractivity (Wildman–Crippen MR) is 145 cm³/mol. The molecule has 5 rings (SSSR count). The molecule has 1 atom stereocenters. The summed E-state index contributed by atoms with van der Waals surface area (Å²) in [5.74, 6) is -0.0783. The Morgan fingerprint density at radius 2 is 1.67 bits per heavy atom. The van der Waals surface area contributed by atoms with Gasteiger partial charge in [0.1, 0.15) is 16.9 Å². The zero-order valence-corrected chi connectivity index (χ0v) is 20.3. The van der Waals surface area contributed by atoms with E-state index in [1.165, 1.54) is 10.2 Å². The number of hydrogen-bond donors (Lipinski definition) is 2. The molecule has 7 heteroatoms. The lowest BCUT2D eigenvalue weighted by Crippen LogP contribution is -2.33. The molecule has 0 aliphatic rings. The molecule has 1 amide bonds. The van der Waals surface area contributed by atoms with E-state index in [9.17, 15) is 4.79 Å². The van der Waals surface area contributed by atoms with Crippen LogP contribution in [0.25, 0.3) is 22.2 Å². The highest BCUT2D eigenvalue weighted by Gasteiger charge is 2.25. The van der Waals surface area contributed by atoms with Crippen molar-refractivity contribution in [3.8, 4) is 0 Å². The van der Waals surface area contributed by atoms with Crippen LogP contribution in [0, 0.1) is 6.92 Å². The van der Waals surface area contributed by atoms with E-state index in [0.29, 0.717) is 22.2 Å². The molecule has 0 saturated carbocycles. The maximum Gasteiger partial charge on any atom is 0.257 e. The van der Waals surface area contributed by atoms with Gasteiger partial charge in [0, 0.05) is 6.04 Å². The summed E-state index contributed by atoms with van der Waals surface area (Å²) in [6.45, 7) is 4.01. The number of carbonyl (C=O) groups excluding carboxylic acids is 1. The predicted octanol–water partition coefficient (Wildman–Crippen LogP) is 5.11. The van der Waals surface area contributed by atoms with E-state index >= 15 is 0 Å². The van der Waals surface area contributed by atoms with Gasteiger partial charge >= 0.3 is 0 Å². The third kappa shape index (κ3) is 4.68. The number of amides is 1. The maximum atomic E-state index is 13.5. The number of nitrogen functional groups attached to an aromatic ring is 1. The number of fused-ring (bicyclic) bond motifs is 2. The number of aromatic nitrogens is 3. The van der Waals surface area contributed by atoms with Crippen LogP contribution in [0.5, 0.6) is 0 Å². The van der Waals surface area contributed by atoms with Gasteiger partial charge in [0.15, 0.2) is 5.65 Å². The van der Waals surface area contributed by atoms with Crippen molar-refractivity contribution in [2.75, 3.05) is 5.73 Å². The Labute approximate surface area is 209 Å². The summed E-state index contributed by atoms with van der Waals surface area (Å²) in [6, 6.07) is 25.6. The molecule has 3 N–H and O–H groups in total. The minimum absolute atomic E-state index is 0.0561. The van der Waals surface area contributed by atoms with Gasteiger partial charge in [-0.15, -0.1) is 0 Å². The summed E-state index contributed by atoms with van der Waals surface area (Å²) in [4.78, 5) is 23.0. The van der Waals surface area contributed by atoms with Gasteiger partial charge < -0.3 is 11.1 Å². The van der Waals surface area contributed by atoms with Crippen molar-refractivity contribution in [2.45, 2.75) is 32.7 Å². The Kier molecular flexibility index (Phi) is 6.45. The van der Waals surface area contributed by atoms with Crippen molar-refractivity contribution in [2.24, 2.45) is 5.10 Å². The molecule has 2 heterocycles. The minimum Gasteiger partial charge on any atom is -0.383 e. The molecule has 0 bridgehead atoms. The van der Waals surface area contributed by atoms with Gasteiger partial charge in [-0.1, -0.05) is 66.7 Å². The van der Waals surface area contributed by atoms with Crippen molar-refractivity contribution >= 4 is 40.1 Å². The van der Waals surface area contributed by atoms with Gasteiger partial charge in [0.25, 0.3) is 5.91 Å². The number of aryl methyl sites for hydroxylation is 2. The molecule has 7 nitrogen and oxygen atoms in total. The zero-order valence-electron chi connectivity index (χ0n) is 20.3. The molecule has 0 aliphatic heterocycles. The van der Waals surface area contributed by atoms with Crippen LogP contribution in [-0.4, -0.2) is 32.8 Å². The fraction of sp³-hybridized carbons (Fsp3) is 0.172. The molecule has 3 aromatic carbocycles. The largest absolute Gasteiger partial charge is 0.383 e. The van der Waals surface area contributed by atoms with E-state index in [2.05, 4.69) is 22.6 Å². The first-order valence-corrected chi connectivity index (χ1v) is 12.0.